The maximum Gasteiger partial charge on any atom is 0.307 e. The van der Waals surface area contributed by atoms with Crippen molar-refractivity contribution in [3.05, 3.63) is 11.6 Å². The Morgan fingerprint density at radius 1 is 1.36 bits per heavy atom. The van der Waals surface area contributed by atoms with E-state index in [1.807, 2.05) is 13.8 Å². The quantitative estimate of drug-likeness (QED) is 0.500. The summed E-state index contributed by atoms with van der Waals surface area (Å²) >= 11 is 0. The van der Waals surface area contributed by atoms with Gasteiger partial charge in [-0.3, -0.25) is 9.59 Å². The third kappa shape index (κ3) is 5.35. The van der Waals surface area contributed by atoms with Crippen molar-refractivity contribution in [2.75, 3.05) is 20.7 Å². The number of esters is 1. The van der Waals surface area contributed by atoms with Crippen molar-refractivity contribution in [3.8, 4) is 0 Å². The fraction of sp³-hybridized carbons (Fsp3) is 0.600. The van der Waals surface area contributed by atoms with E-state index in [1.54, 1.807) is 7.05 Å². The van der Waals surface area contributed by atoms with Crippen molar-refractivity contribution < 1.29 is 14.3 Å². The van der Waals surface area contributed by atoms with E-state index in [1.165, 1.54) is 18.1 Å². The van der Waals surface area contributed by atoms with Gasteiger partial charge in [-0.05, 0) is 13.8 Å². The Morgan fingerprint density at radius 2 is 1.93 bits per heavy atom. The monoisotopic (exact) mass is 199 g/mol. The molecule has 0 rings (SSSR count). The summed E-state index contributed by atoms with van der Waals surface area (Å²) in [5.41, 5.74) is 0.944. The zero-order valence-electron chi connectivity index (χ0n) is 9.16. The van der Waals surface area contributed by atoms with Gasteiger partial charge in [0.2, 0.25) is 5.91 Å². The molecule has 4 nitrogen and oxygen atoms in total. The molecule has 0 aromatic carbocycles. The van der Waals surface area contributed by atoms with E-state index in [4.69, 9.17) is 0 Å². The summed E-state index contributed by atoms with van der Waals surface area (Å²) < 4.78 is 4.47. The molecular formula is C10H17NO3. The van der Waals surface area contributed by atoms with Crippen LogP contribution in [-0.2, 0) is 14.3 Å². The minimum absolute atomic E-state index is 0.0890. The highest BCUT2D eigenvalue weighted by molar-refractivity contribution is 5.88. The maximum absolute atomic E-state index is 11.4. The molecule has 0 N–H and O–H groups in total. The molecule has 0 spiro atoms. The van der Waals surface area contributed by atoms with Gasteiger partial charge in [-0.15, -0.1) is 0 Å². The van der Waals surface area contributed by atoms with Gasteiger partial charge in [0, 0.05) is 19.7 Å². The van der Waals surface area contributed by atoms with Gasteiger partial charge in [0.25, 0.3) is 0 Å². The molecule has 0 aliphatic heterocycles. The number of rotatable bonds is 4. The van der Waals surface area contributed by atoms with Gasteiger partial charge in [-0.1, -0.05) is 5.57 Å². The van der Waals surface area contributed by atoms with E-state index in [9.17, 15) is 9.59 Å². The fourth-order valence-electron chi connectivity index (χ4n) is 0.828. The normalized spacial score (nSPS) is 9.14. The number of allylic oxidation sites excluding steroid dienone is 1. The second-order valence-corrected chi connectivity index (χ2v) is 3.31. The van der Waals surface area contributed by atoms with Crippen molar-refractivity contribution in [1.29, 1.82) is 0 Å². The van der Waals surface area contributed by atoms with Crippen LogP contribution in [0.4, 0.5) is 0 Å². The first-order valence-electron chi connectivity index (χ1n) is 4.44. The number of ether oxygens (including phenoxy) is 1. The van der Waals surface area contributed by atoms with Crippen LogP contribution in [0, 0.1) is 0 Å². The molecule has 1 amide bonds. The Hall–Kier alpha value is -1.32. The van der Waals surface area contributed by atoms with Gasteiger partial charge >= 0.3 is 5.97 Å². The lowest BCUT2D eigenvalue weighted by Crippen LogP contribution is -2.27. The van der Waals surface area contributed by atoms with Crippen molar-refractivity contribution in [2.24, 2.45) is 0 Å². The van der Waals surface area contributed by atoms with Gasteiger partial charge in [0.15, 0.2) is 0 Å². The highest BCUT2D eigenvalue weighted by Gasteiger charge is 2.07. The van der Waals surface area contributed by atoms with Crippen molar-refractivity contribution in [3.63, 3.8) is 0 Å². The minimum Gasteiger partial charge on any atom is -0.469 e. The average Bonchev–Trinajstić information content (AvgIpc) is 2.12. The van der Waals surface area contributed by atoms with E-state index in [0.29, 0.717) is 6.54 Å². The lowest BCUT2D eigenvalue weighted by Gasteiger charge is -2.14. The van der Waals surface area contributed by atoms with E-state index in [-0.39, 0.29) is 18.3 Å². The Labute approximate surface area is 84.5 Å². The van der Waals surface area contributed by atoms with Gasteiger partial charge in [-0.2, -0.15) is 0 Å². The summed E-state index contributed by atoms with van der Waals surface area (Å²) in [6.45, 7) is 4.09. The predicted octanol–water partition coefficient (Wildman–Crippen LogP) is 0.974. The standard InChI is InChI=1S/C10H17NO3/c1-8(2)7-9(12)11(3)6-5-10(13)14-4/h7H,5-6H2,1-4H3. The van der Waals surface area contributed by atoms with E-state index >= 15 is 0 Å². The molecule has 0 bridgehead atoms. The Bertz CT molecular complexity index is 242. The van der Waals surface area contributed by atoms with Crippen LogP contribution in [0.15, 0.2) is 11.6 Å². The number of likely N-dealkylation sites (N-methyl/N-ethyl adjacent to an activating group) is 1. The third-order valence-corrected chi connectivity index (χ3v) is 1.67. The van der Waals surface area contributed by atoms with E-state index < -0.39 is 0 Å². The van der Waals surface area contributed by atoms with E-state index in [2.05, 4.69) is 4.74 Å². The van der Waals surface area contributed by atoms with Gasteiger partial charge in [0.1, 0.15) is 0 Å². The van der Waals surface area contributed by atoms with Crippen LogP contribution >= 0.6 is 0 Å². The van der Waals surface area contributed by atoms with Crippen LogP contribution in [-0.4, -0.2) is 37.5 Å². The number of methoxy groups -OCH3 is 1. The highest BCUT2D eigenvalue weighted by atomic mass is 16.5. The Morgan fingerprint density at radius 3 is 2.36 bits per heavy atom. The molecule has 0 aliphatic rings. The van der Waals surface area contributed by atoms with Crippen LogP contribution in [0.1, 0.15) is 20.3 Å². The summed E-state index contributed by atoms with van der Waals surface area (Å²) in [6, 6.07) is 0. The number of carbonyl (C=O) groups is 2. The first-order valence-corrected chi connectivity index (χ1v) is 4.44. The van der Waals surface area contributed by atoms with Crippen molar-refractivity contribution >= 4 is 11.9 Å². The molecule has 80 valence electrons. The summed E-state index contributed by atoms with van der Waals surface area (Å²) in [7, 11) is 2.99. The summed E-state index contributed by atoms with van der Waals surface area (Å²) in [5, 5.41) is 0. The van der Waals surface area contributed by atoms with Crippen LogP contribution in [0.5, 0.6) is 0 Å². The van der Waals surface area contributed by atoms with Gasteiger partial charge in [0.05, 0.1) is 13.5 Å². The molecule has 0 aliphatic carbocycles. The Balaban J connectivity index is 3.97. The zero-order valence-corrected chi connectivity index (χ0v) is 9.16. The van der Waals surface area contributed by atoms with E-state index in [0.717, 1.165) is 5.57 Å². The van der Waals surface area contributed by atoms with Crippen molar-refractivity contribution in [1.82, 2.24) is 4.90 Å². The summed E-state index contributed by atoms with van der Waals surface area (Å²) in [6.07, 6.45) is 1.77. The summed E-state index contributed by atoms with van der Waals surface area (Å²) in [5.74, 6) is -0.393. The molecule has 0 aromatic heterocycles. The number of hydrogen-bond donors (Lipinski definition) is 0. The smallest absolute Gasteiger partial charge is 0.307 e. The molecule has 0 saturated heterocycles. The number of carbonyl (C=O) groups excluding carboxylic acids is 2. The van der Waals surface area contributed by atoms with Crippen LogP contribution in [0.2, 0.25) is 0 Å². The second-order valence-electron chi connectivity index (χ2n) is 3.31. The lowest BCUT2D eigenvalue weighted by molar-refractivity contribution is -0.141. The highest BCUT2D eigenvalue weighted by Crippen LogP contribution is 1.95. The van der Waals surface area contributed by atoms with Gasteiger partial charge < -0.3 is 9.64 Å². The van der Waals surface area contributed by atoms with Crippen LogP contribution in [0.25, 0.3) is 0 Å². The summed E-state index contributed by atoms with van der Waals surface area (Å²) in [4.78, 5) is 23.6. The molecule has 0 heterocycles. The predicted molar refractivity (Wildman–Crippen MR) is 53.7 cm³/mol. The lowest BCUT2D eigenvalue weighted by atomic mass is 10.3. The largest absolute Gasteiger partial charge is 0.469 e. The SMILES string of the molecule is COC(=O)CCN(C)C(=O)C=C(C)C. The number of hydrogen-bond acceptors (Lipinski definition) is 3. The molecule has 0 aromatic rings. The van der Waals surface area contributed by atoms with Gasteiger partial charge in [-0.25, -0.2) is 0 Å². The minimum atomic E-state index is -0.304. The van der Waals surface area contributed by atoms with Crippen LogP contribution < -0.4 is 0 Å². The van der Waals surface area contributed by atoms with Crippen LogP contribution in [0.3, 0.4) is 0 Å². The first kappa shape index (κ1) is 12.7. The Kier molecular flexibility index (Phi) is 5.60. The number of amides is 1. The first-order chi connectivity index (χ1) is 6.47. The fourth-order valence-corrected chi connectivity index (χ4v) is 0.828. The molecule has 14 heavy (non-hydrogen) atoms. The average molecular weight is 199 g/mol. The third-order valence-electron chi connectivity index (χ3n) is 1.67. The van der Waals surface area contributed by atoms with Crippen molar-refractivity contribution in [2.45, 2.75) is 20.3 Å². The molecule has 0 atom stereocenters. The molecule has 4 heteroatoms. The molecule has 0 saturated carbocycles. The molecular weight excluding hydrogens is 182 g/mol. The topological polar surface area (TPSA) is 46.6 Å². The maximum atomic E-state index is 11.4. The second kappa shape index (κ2) is 6.18. The zero-order chi connectivity index (χ0) is 11.1. The molecule has 0 fully saturated rings. The molecule has 0 unspecified atom stereocenters. The number of nitrogens with zero attached hydrogens (tertiary/aromatic N) is 1. The molecule has 0 radical (unpaired) electrons.